The van der Waals surface area contributed by atoms with E-state index in [1.165, 1.54) is 32.1 Å². The van der Waals surface area contributed by atoms with Gasteiger partial charge in [-0.3, -0.25) is 0 Å². The molecule has 1 saturated carbocycles. The maximum atomic E-state index is 5.63. The molecule has 2 aliphatic carbocycles. The van der Waals surface area contributed by atoms with E-state index in [-0.39, 0.29) is 6.10 Å². The summed E-state index contributed by atoms with van der Waals surface area (Å²) in [5.41, 5.74) is 1.64. The third-order valence-electron chi connectivity index (χ3n) is 4.14. The van der Waals surface area contributed by atoms with Crippen molar-refractivity contribution in [1.82, 2.24) is 5.32 Å². The smallest absolute Gasteiger partial charge is 0.0986 e. The van der Waals surface area contributed by atoms with Gasteiger partial charge in [-0.15, -0.1) is 0 Å². The molecule has 2 aliphatic rings. The predicted molar refractivity (Wildman–Crippen MR) is 73.8 cm³/mol. The molecule has 0 saturated heterocycles. The Bertz CT molecular complexity index is 278. The van der Waals surface area contributed by atoms with E-state index < -0.39 is 0 Å². The van der Waals surface area contributed by atoms with E-state index in [4.69, 9.17) is 9.47 Å². The van der Waals surface area contributed by atoms with Crippen LogP contribution in [0.25, 0.3) is 0 Å². The third-order valence-corrected chi connectivity index (χ3v) is 4.14. The van der Waals surface area contributed by atoms with Crippen molar-refractivity contribution in [1.29, 1.82) is 0 Å². The van der Waals surface area contributed by atoms with E-state index in [1.54, 1.807) is 12.7 Å². The van der Waals surface area contributed by atoms with Crippen LogP contribution in [0.3, 0.4) is 0 Å². The maximum absolute atomic E-state index is 5.63. The fraction of sp³-hybridized carbons (Fsp3) is 0.867. The van der Waals surface area contributed by atoms with Crippen LogP contribution in [0.2, 0.25) is 0 Å². The standard InChI is InChI=1S/C15H27NO2/c1-3-18-14-11-13(15(14)17-2)16-10-9-12-7-5-4-6-8-12/h7,13-16H,3-6,8-11H2,1-2H3. The van der Waals surface area contributed by atoms with Crippen molar-refractivity contribution in [2.24, 2.45) is 0 Å². The Labute approximate surface area is 111 Å². The van der Waals surface area contributed by atoms with Gasteiger partial charge in [0.1, 0.15) is 0 Å². The lowest BCUT2D eigenvalue weighted by Crippen LogP contribution is -2.59. The van der Waals surface area contributed by atoms with Gasteiger partial charge in [-0.25, -0.2) is 0 Å². The van der Waals surface area contributed by atoms with E-state index in [2.05, 4.69) is 11.4 Å². The highest BCUT2D eigenvalue weighted by Gasteiger charge is 2.41. The van der Waals surface area contributed by atoms with E-state index >= 15 is 0 Å². The largest absolute Gasteiger partial charge is 0.377 e. The summed E-state index contributed by atoms with van der Waals surface area (Å²) in [5.74, 6) is 0. The normalized spacial score (nSPS) is 31.9. The first-order valence-corrected chi connectivity index (χ1v) is 7.40. The molecule has 3 heteroatoms. The summed E-state index contributed by atoms with van der Waals surface area (Å²) in [6.45, 7) is 3.91. The van der Waals surface area contributed by atoms with Crippen LogP contribution < -0.4 is 5.32 Å². The van der Waals surface area contributed by atoms with Crippen molar-refractivity contribution < 1.29 is 9.47 Å². The average molecular weight is 253 g/mol. The SMILES string of the molecule is CCOC1CC(NCCC2=CCCCC2)C1OC. The molecule has 0 aromatic carbocycles. The van der Waals surface area contributed by atoms with Crippen LogP contribution in [-0.2, 0) is 9.47 Å². The molecule has 0 amide bonds. The zero-order valence-electron chi connectivity index (χ0n) is 11.8. The molecule has 0 heterocycles. The van der Waals surface area contributed by atoms with Crippen LogP contribution in [0.5, 0.6) is 0 Å². The molecule has 0 aromatic rings. The Morgan fingerprint density at radius 1 is 1.39 bits per heavy atom. The fourth-order valence-electron chi connectivity index (χ4n) is 3.02. The van der Waals surface area contributed by atoms with Gasteiger partial charge in [0.2, 0.25) is 0 Å². The Kier molecular flexibility index (Phi) is 5.67. The minimum Gasteiger partial charge on any atom is -0.377 e. The average Bonchev–Trinajstić information content (AvgIpc) is 2.38. The Morgan fingerprint density at radius 3 is 2.94 bits per heavy atom. The summed E-state index contributed by atoms with van der Waals surface area (Å²) >= 11 is 0. The van der Waals surface area contributed by atoms with E-state index in [1.807, 2.05) is 6.92 Å². The van der Waals surface area contributed by atoms with Gasteiger partial charge < -0.3 is 14.8 Å². The van der Waals surface area contributed by atoms with Gasteiger partial charge in [0.25, 0.3) is 0 Å². The third kappa shape index (κ3) is 3.56. The van der Waals surface area contributed by atoms with Gasteiger partial charge in [0.15, 0.2) is 0 Å². The van der Waals surface area contributed by atoms with Crippen molar-refractivity contribution in [3.05, 3.63) is 11.6 Å². The molecule has 0 aliphatic heterocycles. The van der Waals surface area contributed by atoms with Crippen molar-refractivity contribution in [2.75, 3.05) is 20.3 Å². The molecule has 3 atom stereocenters. The van der Waals surface area contributed by atoms with Crippen LogP contribution >= 0.6 is 0 Å². The number of hydrogen-bond acceptors (Lipinski definition) is 3. The molecule has 0 spiro atoms. The van der Waals surface area contributed by atoms with Gasteiger partial charge >= 0.3 is 0 Å². The number of rotatable bonds is 7. The van der Waals surface area contributed by atoms with Crippen molar-refractivity contribution >= 4 is 0 Å². The second kappa shape index (κ2) is 7.27. The molecule has 1 N–H and O–H groups in total. The molecule has 2 rings (SSSR count). The number of ether oxygens (including phenoxy) is 2. The quantitative estimate of drug-likeness (QED) is 0.708. The zero-order chi connectivity index (χ0) is 12.8. The molecule has 3 nitrogen and oxygen atoms in total. The van der Waals surface area contributed by atoms with Crippen LogP contribution in [0.1, 0.15) is 45.4 Å². The minimum atomic E-state index is 0.241. The Hall–Kier alpha value is -0.380. The highest BCUT2D eigenvalue weighted by atomic mass is 16.5. The number of methoxy groups -OCH3 is 1. The zero-order valence-corrected chi connectivity index (χ0v) is 11.8. The first kappa shape index (κ1) is 14.0. The predicted octanol–water partition coefficient (Wildman–Crippen LogP) is 2.66. The van der Waals surface area contributed by atoms with Crippen molar-refractivity contribution in [3.63, 3.8) is 0 Å². The Balaban J connectivity index is 1.63. The molecule has 104 valence electrons. The number of nitrogens with one attached hydrogen (secondary N) is 1. The summed E-state index contributed by atoms with van der Waals surface area (Å²) < 4.78 is 11.1. The number of allylic oxidation sites excluding steroid dienone is 1. The molecular formula is C15H27NO2. The van der Waals surface area contributed by atoms with E-state index in [0.717, 1.165) is 19.6 Å². The van der Waals surface area contributed by atoms with Gasteiger partial charge in [0, 0.05) is 19.8 Å². The van der Waals surface area contributed by atoms with Crippen molar-refractivity contribution in [2.45, 2.75) is 63.7 Å². The highest BCUT2D eigenvalue weighted by Crippen LogP contribution is 2.27. The van der Waals surface area contributed by atoms with E-state index in [0.29, 0.717) is 12.1 Å². The van der Waals surface area contributed by atoms with Gasteiger partial charge in [-0.2, -0.15) is 0 Å². The molecule has 1 fully saturated rings. The topological polar surface area (TPSA) is 30.5 Å². The lowest BCUT2D eigenvalue weighted by Gasteiger charge is -2.43. The van der Waals surface area contributed by atoms with Crippen LogP contribution in [0.4, 0.5) is 0 Å². The summed E-state index contributed by atoms with van der Waals surface area (Å²) in [5, 5.41) is 3.61. The lowest BCUT2D eigenvalue weighted by atomic mass is 9.85. The second-order valence-electron chi connectivity index (χ2n) is 5.35. The molecule has 3 unspecified atom stereocenters. The van der Waals surface area contributed by atoms with Crippen LogP contribution in [0.15, 0.2) is 11.6 Å². The second-order valence-corrected chi connectivity index (χ2v) is 5.35. The van der Waals surface area contributed by atoms with Crippen molar-refractivity contribution in [3.8, 4) is 0 Å². The summed E-state index contributed by atoms with van der Waals surface area (Å²) in [4.78, 5) is 0. The monoisotopic (exact) mass is 253 g/mol. The van der Waals surface area contributed by atoms with Gasteiger partial charge in [0.05, 0.1) is 12.2 Å². The van der Waals surface area contributed by atoms with Crippen LogP contribution in [0, 0.1) is 0 Å². The first-order chi connectivity index (χ1) is 8.85. The number of hydrogen-bond donors (Lipinski definition) is 1. The lowest BCUT2D eigenvalue weighted by molar-refractivity contribution is -0.131. The molecule has 0 radical (unpaired) electrons. The Morgan fingerprint density at radius 2 is 2.28 bits per heavy atom. The molecule has 0 bridgehead atoms. The molecule has 18 heavy (non-hydrogen) atoms. The van der Waals surface area contributed by atoms with Gasteiger partial charge in [-0.1, -0.05) is 11.6 Å². The molecular weight excluding hydrogens is 226 g/mol. The van der Waals surface area contributed by atoms with E-state index in [9.17, 15) is 0 Å². The fourth-order valence-corrected chi connectivity index (χ4v) is 3.02. The minimum absolute atomic E-state index is 0.241. The molecule has 0 aromatic heterocycles. The maximum Gasteiger partial charge on any atom is 0.0986 e. The summed E-state index contributed by atoms with van der Waals surface area (Å²) in [6.07, 6.45) is 10.6. The summed E-state index contributed by atoms with van der Waals surface area (Å²) in [6, 6.07) is 0.482. The van der Waals surface area contributed by atoms with Gasteiger partial charge in [-0.05, 0) is 52.0 Å². The summed E-state index contributed by atoms with van der Waals surface area (Å²) in [7, 11) is 1.79. The van der Waals surface area contributed by atoms with Crippen LogP contribution in [-0.4, -0.2) is 38.5 Å². The first-order valence-electron chi connectivity index (χ1n) is 7.40. The highest BCUT2D eigenvalue weighted by molar-refractivity contribution is 5.06.